The third-order valence-corrected chi connectivity index (χ3v) is 6.03. The zero-order valence-electron chi connectivity index (χ0n) is 13.5. The molecule has 11 heteroatoms. The van der Waals surface area contributed by atoms with E-state index in [0.29, 0.717) is 20.7 Å². The van der Waals surface area contributed by atoms with Gasteiger partial charge in [-0.05, 0) is 23.8 Å². The highest BCUT2D eigenvalue weighted by molar-refractivity contribution is 7.98. The Bertz CT molecular complexity index is 1000. The van der Waals surface area contributed by atoms with Crippen molar-refractivity contribution in [3.8, 4) is 5.88 Å². The maximum atomic E-state index is 12.7. The van der Waals surface area contributed by atoms with Gasteiger partial charge in [-0.3, -0.25) is 0 Å². The lowest BCUT2D eigenvalue weighted by atomic mass is 10.2. The lowest BCUT2D eigenvalue weighted by Crippen LogP contribution is -2.17. The van der Waals surface area contributed by atoms with E-state index < -0.39 is 10.0 Å². The van der Waals surface area contributed by atoms with Crippen molar-refractivity contribution in [3.63, 3.8) is 0 Å². The van der Waals surface area contributed by atoms with Gasteiger partial charge in [0.15, 0.2) is 0 Å². The Morgan fingerprint density at radius 1 is 1.23 bits per heavy atom. The first-order chi connectivity index (χ1) is 12.4. The second-order valence-corrected chi connectivity index (χ2v) is 8.20. The fourth-order valence-corrected chi connectivity index (χ4v) is 4.06. The van der Waals surface area contributed by atoms with Gasteiger partial charge in [-0.2, -0.15) is 13.4 Å². The van der Waals surface area contributed by atoms with Crippen LogP contribution < -0.4 is 10.5 Å². The third-order valence-electron chi connectivity index (χ3n) is 3.31. The Hall–Kier alpha value is -2.30. The van der Waals surface area contributed by atoms with Crippen LogP contribution >= 0.6 is 23.4 Å². The van der Waals surface area contributed by atoms with Crippen molar-refractivity contribution in [1.82, 2.24) is 19.2 Å². The second-order valence-electron chi connectivity index (χ2n) is 5.05. The van der Waals surface area contributed by atoms with Crippen LogP contribution in [0.3, 0.4) is 0 Å². The minimum atomic E-state index is -3.99. The van der Waals surface area contributed by atoms with Crippen molar-refractivity contribution in [2.75, 3.05) is 12.8 Å². The Kier molecular flexibility index (Phi) is 5.35. The first-order valence-corrected chi connectivity index (χ1v) is 10.1. The van der Waals surface area contributed by atoms with E-state index in [2.05, 4.69) is 15.1 Å². The number of pyridine rings is 1. The third kappa shape index (κ3) is 3.92. The molecule has 3 aromatic rings. The highest BCUT2D eigenvalue weighted by Gasteiger charge is 2.23. The van der Waals surface area contributed by atoms with Crippen molar-refractivity contribution in [1.29, 1.82) is 0 Å². The number of benzene rings is 1. The molecule has 0 spiro atoms. The molecule has 2 N–H and O–H groups in total. The van der Waals surface area contributed by atoms with E-state index in [1.165, 1.54) is 37.2 Å². The largest absolute Gasteiger partial charge is 0.481 e. The average molecular weight is 412 g/mol. The molecule has 0 unspecified atom stereocenters. The zero-order valence-corrected chi connectivity index (χ0v) is 15.9. The van der Waals surface area contributed by atoms with Crippen LogP contribution in [0.1, 0.15) is 5.56 Å². The van der Waals surface area contributed by atoms with Crippen LogP contribution in [0.25, 0.3) is 0 Å². The number of nitrogens with zero attached hydrogens (tertiary/aromatic N) is 4. The Morgan fingerprint density at radius 3 is 2.58 bits per heavy atom. The van der Waals surface area contributed by atoms with Gasteiger partial charge in [0.1, 0.15) is 4.90 Å². The average Bonchev–Trinajstić information content (AvgIpc) is 3.03. The molecule has 2 aromatic heterocycles. The Morgan fingerprint density at radius 2 is 1.96 bits per heavy atom. The topological polar surface area (TPSA) is 113 Å². The molecule has 3 rings (SSSR count). The van der Waals surface area contributed by atoms with E-state index in [-0.39, 0.29) is 16.0 Å². The lowest BCUT2D eigenvalue weighted by Gasteiger charge is -2.05. The van der Waals surface area contributed by atoms with E-state index in [4.69, 9.17) is 22.1 Å². The summed E-state index contributed by atoms with van der Waals surface area (Å²) in [6.07, 6.45) is 1.18. The number of ether oxygens (including phenoxy) is 1. The first-order valence-electron chi connectivity index (χ1n) is 7.25. The maximum absolute atomic E-state index is 12.7. The normalized spacial score (nSPS) is 11.5. The van der Waals surface area contributed by atoms with Crippen molar-refractivity contribution < 1.29 is 13.2 Å². The van der Waals surface area contributed by atoms with E-state index in [9.17, 15) is 8.42 Å². The molecular weight excluding hydrogens is 398 g/mol. The monoisotopic (exact) mass is 411 g/mol. The quantitative estimate of drug-likeness (QED) is 0.615. The highest BCUT2D eigenvalue weighted by Crippen LogP contribution is 2.24. The predicted octanol–water partition coefficient (Wildman–Crippen LogP) is 2.45. The SMILES string of the molecule is COc1ccc(S(=O)(=O)n2nc(SCc3ccc(Cl)cc3)nc2N)cn1. The zero-order chi connectivity index (χ0) is 18.7. The summed E-state index contributed by atoms with van der Waals surface area (Å²) in [6, 6.07) is 10.1. The number of rotatable bonds is 6. The van der Waals surface area contributed by atoms with Gasteiger partial charge >= 0.3 is 0 Å². The summed E-state index contributed by atoms with van der Waals surface area (Å²) >= 11 is 7.11. The Labute approximate surface area is 159 Å². The summed E-state index contributed by atoms with van der Waals surface area (Å²) in [7, 11) is -2.55. The number of aromatic nitrogens is 4. The smallest absolute Gasteiger partial charge is 0.287 e. The molecule has 0 bridgehead atoms. The van der Waals surface area contributed by atoms with Gasteiger partial charge < -0.3 is 10.5 Å². The van der Waals surface area contributed by atoms with Crippen molar-refractivity contribution >= 4 is 39.3 Å². The number of methoxy groups -OCH3 is 1. The van der Waals surface area contributed by atoms with Gasteiger partial charge in [0, 0.05) is 16.8 Å². The van der Waals surface area contributed by atoms with Crippen molar-refractivity contribution in [2.45, 2.75) is 15.8 Å². The lowest BCUT2D eigenvalue weighted by molar-refractivity contribution is 0.397. The van der Waals surface area contributed by atoms with E-state index in [1.807, 2.05) is 12.1 Å². The molecule has 0 atom stereocenters. The number of nitrogen functional groups attached to an aromatic ring is 1. The van der Waals surface area contributed by atoms with E-state index in [1.54, 1.807) is 12.1 Å². The number of thioether (sulfide) groups is 1. The summed E-state index contributed by atoms with van der Waals surface area (Å²) in [5, 5.41) is 4.90. The van der Waals surface area contributed by atoms with Crippen LogP contribution in [0.2, 0.25) is 5.02 Å². The van der Waals surface area contributed by atoms with Gasteiger partial charge in [0.25, 0.3) is 10.0 Å². The fourth-order valence-electron chi connectivity index (χ4n) is 2.00. The Balaban J connectivity index is 1.81. The maximum Gasteiger partial charge on any atom is 0.287 e. The van der Waals surface area contributed by atoms with Gasteiger partial charge in [0.05, 0.1) is 13.3 Å². The molecule has 0 saturated heterocycles. The van der Waals surface area contributed by atoms with Crippen molar-refractivity contribution in [2.24, 2.45) is 0 Å². The summed E-state index contributed by atoms with van der Waals surface area (Å²) in [5.41, 5.74) is 6.74. The summed E-state index contributed by atoms with van der Waals surface area (Å²) in [6.45, 7) is 0. The van der Waals surface area contributed by atoms with Gasteiger partial charge in [-0.15, -0.1) is 9.19 Å². The molecule has 0 radical (unpaired) electrons. The van der Waals surface area contributed by atoms with Crippen LogP contribution in [0, 0.1) is 0 Å². The van der Waals surface area contributed by atoms with Gasteiger partial charge in [0.2, 0.25) is 17.0 Å². The molecule has 0 aliphatic rings. The van der Waals surface area contributed by atoms with Crippen LogP contribution in [0.4, 0.5) is 5.95 Å². The highest BCUT2D eigenvalue weighted by atomic mass is 35.5. The molecule has 2 heterocycles. The number of anilines is 1. The molecule has 8 nitrogen and oxygen atoms in total. The summed E-state index contributed by atoms with van der Waals surface area (Å²) in [5.74, 6) is 0.624. The van der Waals surface area contributed by atoms with Crippen LogP contribution in [-0.4, -0.2) is 34.7 Å². The van der Waals surface area contributed by atoms with Crippen LogP contribution in [0.15, 0.2) is 52.6 Å². The summed E-state index contributed by atoms with van der Waals surface area (Å²) < 4.78 is 30.9. The van der Waals surface area contributed by atoms with Crippen LogP contribution in [0.5, 0.6) is 5.88 Å². The number of halogens is 1. The van der Waals surface area contributed by atoms with Crippen LogP contribution in [-0.2, 0) is 15.8 Å². The minimum absolute atomic E-state index is 0.0656. The molecule has 0 amide bonds. The van der Waals surface area contributed by atoms with Gasteiger partial charge in [-0.25, -0.2) is 4.98 Å². The standard InChI is InChI=1S/C15H14ClN5O3S2/c1-24-13-7-6-12(8-18-13)26(22,23)21-14(17)19-15(20-21)25-9-10-2-4-11(16)5-3-10/h2-8H,9H2,1H3,(H2,17,19,20). The molecule has 0 fully saturated rings. The van der Waals surface area contributed by atoms with Gasteiger partial charge in [-0.1, -0.05) is 35.5 Å². The van der Waals surface area contributed by atoms with Crippen molar-refractivity contribution in [3.05, 3.63) is 53.2 Å². The molecule has 26 heavy (non-hydrogen) atoms. The number of hydrogen-bond donors (Lipinski definition) is 1. The predicted molar refractivity (Wildman–Crippen MR) is 98.8 cm³/mol. The van der Waals surface area contributed by atoms with E-state index >= 15 is 0 Å². The second kappa shape index (κ2) is 7.52. The first kappa shape index (κ1) is 18.5. The van der Waals surface area contributed by atoms with E-state index in [0.717, 1.165) is 5.56 Å². The molecular formula is C15H14ClN5O3S2. The minimum Gasteiger partial charge on any atom is -0.481 e. The molecule has 1 aromatic carbocycles. The number of hydrogen-bond acceptors (Lipinski definition) is 8. The molecule has 0 aliphatic heterocycles. The fraction of sp³-hybridized carbons (Fsp3) is 0.133. The molecule has 136 valence electrons. The summed E-state index contributed by atoms with van der Waals surface area (Å²) in [4.78, 5) is 7.83. The molecule has 0 saturated carbocycles. The number of nitrogens with two attached hydrogens (primary N) is 1. The molecule has 0 aliphatic carbocycles.